The summed E-state index contributed by atoms with van der Waals surface area (Å²) < 4.78 is 38.4. The van der Waals surface area contributed by atoms with Crippen molar-refractivity contribution in [1.82, 2.24) is 4.90 Å². The summed E-state index contributed by atoms with van der Waals surface area (Å²) in [5.74, 6) is -3.51. The van der Waals surface area contributed by atoms with E-state index in [1.165, 1.54) is 20.0 Å². The number of hydrogen-bond acceptors (Lipinski definition) is 12. The lowest BCUT2D eigenvalue weighted by Gasteiger charge is -2.70. The molecule has 324 valence electrons. The van der Waals surface area contributed by atoms with Crippen molar-refractivity contribution < 1.29 is 53.3 Å². The summed E-state index contributed by atoms with van der Waals surface area (Å²) in [5.41, 5.74) is -4.84. The summed E-state index contributed by atoms with van der Waals surface area (Å²) in [6, 6.07) is 8.27. The normalized spacial score (nSPS) is 42.2. The summed E-state index contributed by atoms with van der Waals surface area (Å²) >= 11 is 0. The van der Waals surface area contributed by atoms with E-state index in [-0.39, 0.29) is 31.4 Å². The minimum Gasteiger partial charge on any atom is -0.455 e. The molecule has 58 heavy (non-hydrogen) atoms. The molecular weight excluding hydrogens is 743 g/mol. The molecular formula is C46H69NO11. The van der Waals surface area contributed by atoms with Crippen LogP contribution in [0, 0.1) is 34.5 Å². The van der Waals surface area contributed by atoms with Crippen LogP contribution >= 0.6 is 0 Å². The third-order valence-corrected chi connectivity index (χ3v) is 15.7. The SMILES string of the molecule is CCCC/C=C\CCCCCCCCC(=O)O[C@]12[C@H]3[C@@H](OC(=O)c4ccccc4)[C@@](O)(C[C@H]3[C@@]34C(OC)C[C@@H](O)[C@@]5(COC)CN(C)[C@@H]3[C@@H]1[C@H](OC)[C@H]54)[C@@H](OC)[C@@H]2O. The number of carbonyl (C=O) groups is 2. The van der Waals surface area contributed by atoms with Crippen molar-refractivity contribution in [3.63, 3.8) is 0 Å². The van der Waals surface area contributed by atoms with Gasteiger partial charge in [-0.25, -0.2) is 4.79 Å². The third kappa shape index (κ3) is 6.53. The van der Waals surface area contributed by atoms with E-state index in [2.05, 4.69) is 24.0 Å². The number of unbranched alkanes of at least 4 members (excludes halogenated alkanes) is 8. The average molecular weight is 812 g/mol. The predicted molar refractivity (Wildman–Crippen MR) is 216 cm³/mol. The summed E-state index contributed by atoms with van der Waals surface area (Å²) in [4.78, 5) is 30.7. The van der Waals surface area contributed by atoms with Crippen molar-refractivity contribution >= 4 is 11.9 Å². The molecule has 5 aliphatic carbocycles. The monoisotopic (exact) mass is 811 g/mol. The van der Waals surface area contributed by atoms with E-state index in [4.69, 9.17) is 28.4 Å². The van der Waals surface area contributed by atoms with Gasteiger partial charge in [-0.15, -0.1) is 0 Å². The van der Waals surface area contributed by atoms with Gasteiger partial charge >= 0.3 is 11.9 Å². The van der Waals surface area contributed by atoms with Gasteiger partial charge in [0, 0.05) is 82.5 Å². The highest BCUT2D eigenvalue weighted by Gasteiger charge is 2.92. The van der Waals surface area contributed by atoms with Crippen LogP contribution in [0.1, 0.15) is 101 Å². The Bertz CT molecular complexity index is 1610. The van der Waals surface area contributed by atoms with Gasteiger partial charge < -0.3 is 48.6 Å². The van der Waals surface area contributed by atoms with Gasteiger partial charge in [-0.3, -0.25) is 4.79 Å². The Hall–Kier alpha value is -2.42. The van der Waals surface area contributed by atoms with E-state index in [1.54, 1.807) is 45.6 Å². The van der Waals surface area contributed by atoms with Gasteiger partial charge in [0.2, 0.25) is 0 Å². The fraction of sp³-hybridized carbons (Fsp3) is 0.783. The number of piperidine rings is 1. The van der Waals surface area contributed by atoms with Crippen molar-refractivity contribution in [2.45, 2.75) is 144 Å². The van der Waals surface area contributed by atoms with Crippen molar-refractivity contribution in [2.75, 3.05) is 48.6 Å². The van der Waals surface area contributed by atoms with Crippen LogP contribution in [-0.2, 0) is 33.2 Å². The number of methoxy groups -OCH3 is 4. The Balaban J connectivity index is 1.25. The number of nitrogens with zero attached hydrogens (tertiary/aromatic N) is 1. The van der Waals surface area contributed by atoms with Gasteiger partial charge in [-0.2, -0.15) is 0 Å². The first-order valence-electron chi connectivity index (χ1n) is 22.0. The Morgan fingerprint density at radius 1 is 0.879 bits per heavy atom. The van der Waals surface area contributed by atoms with Crippen LogP contribution in [0.15, 0.2) is 42.5 Å². The van der Waals surface area contributed by atoms with Crippen molar-refractivity contribution in [3.8, 4) is 0 Å². The van der Waals surface area contributed by atoms with Gasteiger partial charge in [0.1, 0.15) is 23.9 Å². The first kappa shape index (κ1) is 43.7. The molecule has 1 aromatic rings. The number of benzene rings is 1. The maximum Gasteiger partial charge on any atom is 0.338 e. The van der Waals surface area contributed by atoms with E-state index in [0.29, 0.717) is 24.9 Å². The topological polar surface area (TPSA) is 153 Å². The van der Waals surface area contributed by atoms with Crippen molar-refractivity contribution in [2.24, 2.45) is 34.5 Å². The highest BCUT2D eigenvalue weighted by atomic mass is 16.6. The van der Waals surface area contributed by atoms with Crippen LogP contribution in [0.4, 0.5) is 0 Å². The van der Waals surface area contributed by atoms with Gasteiger partial charge in [0.05, 0.1) is 30.5 Å². The minimum absolute atomic E-state index is 0.0802. The maximum atomic E-state index is 14.5. The molecule has 3 N–H and O–H groups in total. The molecule has 0 aromatic heterocycles. The van der Waals surface area contributed by atoms with Crippen LogP contribution in [0.25, 0.3) is 0 Å². The van der Waals surface area contributed by atoms with Crippen LogP contribution in [0.2, 0.25) is 0 Å². The smallest absolute Gasteiger partial charge is 0.338 e. The second kappa shape index (κ2) is 17.5. The lowest BCUT2D eigenvalue weighted by Crippen LogP contribution is -2.81. The number of rotatable bonds is 20. The molecule has 6 fully saturated rings. The predicted octanol–water partition coefficient (Wildman–Crippen LogP) is 5.11. The van der Waals surface area contributed by atoms with E-state index in [1.807, 2.05) is 13.1 Å². The molecule has 12 nitrogen and oxygen atoms in total. The van der Waals surface area contributed by atoms with Crippen molar-refractivity contribution in [1.29, 1.82) is 0 Å². The summed E-state index contributed by atoms with van der Waals surface area (Å²) in [6.07, 6.45) is 9.78. The Labute approximate surface area is 344 Å². The molecule has 5 saturated carbocycles. The number of aliphatic hydroxyl groups is 3. The zero-order valence-corrected chi connectivity index (χ0v) is 35.6. The van der Waals surface area contributed by atoms with E-state index in [0.717, 1.165) is 44.9 Å². The number of aliphatic hydroxyl groups excluding tert-OH is 2. The molecule has 7 bridgehead atoms. The molecule has 1 saturated heterocycles. The van der Waals surface area contributed by atoms with Gasteiger partial charge in [-0.1, -0.05) is 75.8 Å². The molecule has 7 rings (SSSR count). The molecule has 6 aliphatic rings. The molecule has 0 amide bonds. The van der Waals surface area contributed by atoms with Crippen LogP contribution in [0.3, 0.4) is 0 Å². The molecule has 1 unspecified atom stereocenters. The first-order chi connectivity index (χ1) is 28.0. The number of carbonyl (C=O) groups excluding carboxylic acids is 2. The standard InChI is InChI=1S/C46H69NO11/c1-7-8-9-10-11-12-13-14-15-16-17-21-24-33(49)58-46-34-30(26-44(52,41(56-6)39(46)50)40(34)57-42(51)29-22-19-18-20-23-29)45-32(54-4)25-31(48)43(28-53-3)27-47(2)38(45)35(46)36(55-5)37(43)45/h10-11,18-20,22-23,30-32,34-41,48,50,52H,7-9,12-17,21,24-28H2,1-6H3/b11-10-/t30-,31-,32?,34-,35+,36+,37-,38-,39+,40-,41+,43+,44+,45+,46-/m1/s1. The van der Waals surface area contributed by atoms with Crippen molar-refractivity contribution in [3.05, 3.63) is 48.0 Å². The van der Waals surface area contributed by atoms with Gasteiger partial charge in [0.15, 0.2) is 5.60 Å². The zero-order chi connectivity index (χ0) is 41.5. The molecule has 1 aliphatic heterocycles. The molecule has 1 spiro atoms. The number of likely N-dealkylation sites (tertiary alicyclic amines) is 1. The Morgan fingerprint density at radius 2 is 1.57 bits per heavy atom. The lowest BCUT2D eigenvalue weighted by molar-refractivity contribution is -0.321. The number of ether oxygens (including phenoxy) is 6. The van der Waals surface area contributed by atoms with Crippen LogP contribution < -0.4 is 0 Å². The van der Waals surface area contributed by atoms with Crippen LogP contribution in [-0.4, -0.2) is 135 Å². The minimum atomic E-state index is -1.85. The summed E-state index contributed by atoms with van der Waals surface area (Å²) in [6.45, 7) is 2.92. The lowest BCUT2D eigenvalue weighted by atomic mass is 9.42. The number of esters is 2. The summed E-state index contributed by atoms with van der Waals surface area (Å²) in [5, 5.41) is 38.1. The fourth-order valence-corrected chi connectivity index (χ4v) is 14.0. The highest BCUT2D eigenvalue weighted by Crippen LogP contribution is 2.80. The summed E-state index contributed by atoms with van der Waals surface area (Å²) in [7, 11) is 8.37. The second-order valence-corrected chi connectivity index (χ2v) is 18.4. The van der Waals surface area contributed by atoms with Gasteiger partial charge in [0.25, 0.3) is 0 Å². The number of hydrogen-bond donors (Lipinski definition) is 3. The van der Waals surface area contributed by atoms with E-state index in [9.17, 15) is 24.9 Å². The maximum absolute atomic E-state index is 14.5. The van der Waals surface area contributed by atoms with E-state index >= 15 is 0 Å². The number of allylic oxidation sites excluding steroid dienone is 2. The highest BCUT2D eigenvalue weighted by molar-refractivity contribution is 5.89. The average Bonchev–Trinajstić information content (AvgIpc) is 3.61. The van der Waals surface area contributed by atoms with E-state index < -0.39 is 88.3 Å². The Kier molecular flexibility index (Phi) is 13.2. The largest absolute Gasteiger partial charge is 0.455 e. The molecule has 12 heteroatoms. The number of fused-ring (bicyclic) bond motifs is 2. The fourth-order valence-electron chi connectivity index (χ4n) is 14.0. The Morgan fingerprint density at radius 3 is 2.22 bits per heavy atom. The molecule has 1 aromatic carbocycles. The zero-order valence-electron chi connectivity index (χ0n) is 35.6. The van der Waals surface area contributed by atoms with Gasteiger partial charge in [-0.05, 0) is 57.2 Å². The third-order valence-electron chi connectivity index (χ3n) is 15.7. The molecule has 0 radical (unpaired) electrons. The first-order valence-corrected chi connectivity index (χ1v) is 22.0. The molecule has 1 heterocycles. The molecule has 15 atom stereocenters. The second-order valence-electron chi connectivity index (χ2n) is 18.4. The van der Waals surface area contributed by atoms with Crippen LogP contribution in [0.5, 0.6) is 0 Å². The quantitative estimate of drug-likeness (QED) is 0.0912.